The smallest absolute Gasteiger partial charge is 0.254 e. The van der Waals surface area contributed by atoms with Crippen molar-refractivity contribution in [2.75, 3.05) is 13.2 Å². The fourth-order valence-corrected chi connectivity index (χ4v) is 4.27. The van der Waals surface area contributed by atoms with Crippen LogP contribution in [-0.2, 0) is 9.59 Å². The zero-order valence-corrected chi connectivity index (χ0v) is 12.9. The number of rotatable bonds is 2. The Bertz CT molecular complexity index is 770. The second-order valence-corrected chi connectivity index (χ2v) is 6.64. The minimum atomic E-state index is -0.218. The Hall–Kier alpha value is -2.63. The Balaban J connectivity index is 1.39. The molecule has 0 aromatic heterocycles. The maximum absolute atomic E-state index is 12.6. The number of imide groups is 1. The second kappa shape index (κ2) is 4.93. The molecule has 1 aromatic rings. The molecule has 0 unspecified atom stereocenters. The van der Waals surface area contributed by atoms with Crippen molar-refractivity contribution >= 4 is 18.0 Å². The summed E-state index contributed by atoms with van der Waals surface area (Å²) >= 11 is 0. The molecule has 0 radical (unpaired) electrons. The molecule has 4 atom stereocenters. The van der Waals surface area contributed by atoms with E-state index in [0.29, 0.717) is 24.7 Å². The number of allylic oxidation sites excluding steroid dienone is 2. The zero-order chi connectivity index (χ0) is 16.3. The second-order valence-electron chi connectivity index (χ2n) is 6.64. The van der Waals surface area contributed by atoms with Gasteiger partial charge in [0.05, 0.1) is 18.1 Å². The molecule has 4 aliphatic rings. The van der Waals surface area contributed by atoms with Crippen LogP contribution in [0.5, 0.6) is 11.5 Å². The summed E-state index contributed by atoms with van der Waals surface area (Å²) in [5.41, 5.74) is 0.762. The summed E-state index contributed by atoms with van der Waals surface area (Å²) in [6.07, 6.45) is 6.60. The van der Waals surface area contributed by atoms with Crippen molar-refractivity contribution in [3.63, 3.8) is 0 Å². The van der Waals surface area contributed by atoms with Gasteiger partial charge in [0.2, 0.25) is 0 Å². The molecule has 1 saturated heterocycles. The van der Waals surface area contributed by atoms with Gasteiger partial charge in [0, 0.05) is 0 Å². The number of ether oxygens (including phenoxy) is 2. The third-order valence-electron chi connectivity index (χ3n) is 5.34. The van der Waals surface area contributed by atoms with Gasteiger partial charge < -0.3 is 9.47 Å². The molecule has 2 aliphatic carbocycles. The van der Waals surface area contributed by atoms with E-state index in [1.807, 2.05) is 12.1 Å². The van der Waals surface area contributed by atoms with Crippen LogP contribution < -0.4 is 9.47 Å². The number of nitrogens with zero attached hydrogens (tertiary/aromatic N) is 2. The average Bonchev–Trinajstić information content (AvgIpc) is 3.28. The highest BCUT2D eigenvalue weighted by Gasteiger charge is 2.59. The summed E-state index contributed by atoms with van der Waals surface area (Å²) in [7, 11) is 0. The lowest BCUT2D eigenvalue weighted by Gasteiger charge is -2.18. The van der Waals surface area contributed by atoms with Crippen LogP contribution >= 0.6 is 0 Å². The summed E-state index contributed by atoms with van der Waals surface area (Å²) in [6, 6.07) is 5.44. The summed E-state index contributed by atoms with van der Waals surface area (Å²) in [5.74, 6) is 0.977. The molecule has 6 heteroatoms. The fraction of sp³-hybridized carbons (Fsp3) is 0.389. The highest BCUT2D eigenvalue weighted by Crippen LogP contribution is 2.52. The molecular weight excluding hydrogens is 308 g/mol. The number of carbonyl (C=O) groups excluding carboxylic acids is 2. The van der Waals surface area contributed by atoms with Gasteiger partial charge >= 0.3 is 0 Å². The Labute approximate surface area is 138 Å². The monoisotopic (exact) mass is 324 g/mol. The van der Waals surface area contributed by atoms with E-state index in [2.05, 4.69) is 17.3 Å². The molecule has 2 amide bonds. The predicted octanol–water partition coefficient (Wildman–Crippen LogP) is 1.60. The van der Waals surface area contributed by atoms with E-state index in [0.717, 1.165) is 17.0 Å². The number of hydrogen-bond acceptors (Lipinski definition) is 5. The van der Waals surface area contributed by atoms with Crippen molar-refractivity contribution in [1.29, 1.82) is 0 Å². The fourth-order valence-electron chi connectivity index (χ4n) is 4.27. The largest absolute Gasteiger partial charge is 0.486 e. The Kier molecular flexibility index (Phi) is 2.83. The first kappa shape index (κ1) is 13.8. The molecule has 1 saturated carbocycles. The van der Waals surface area contributed by atoms with Crippen molar-refractivity contribution in [2.45, 2.75) is 6.42 Å². The first-order valence-corrected chi connectivity index (χ1v) is 8.22. The highest BCUT2D eigenvalue weighted by molar-refractivity contribution is 6.06. The van der Waals surface area contributed by atoms with Gasteiger partial charge in [-0.1, -0.05) is 12.2 Å². The van der Waals surface area contributed by atoms with Gasteiger partial charge in [-0.2, -0.15) is 10.1 Å². The lowest BCUT2D eigenvalue weighted by Crippen LogP contribution is -2.28. The zero-order valence-electron chi connectivity index (χ0n) is 12.9. The first-order valence-electron chi connectivity index (χ1n) is 8.22. The molecule has 2 bridgehead atoms. The summed E-state index contributed by atoms with van der Waals surface area (Å²) in [5, 5.41) is 5.22. The normalized spacial score (nSPS) is 32.9. The topological polar surface area (TPSA) is 68.2 Å². The van der Waals surface area contributed by atoms with Crippen molar-refractivity contribution in [1.82, 2.24) is 5.01 Å². The predicted molar refractivity (Wildman–Crippen MR) is 84.6 cm³/mol. The molecule has 1 aromatic carbocycles. The molecule has 0 N–H and O–H groups in total. The van der Waals surface area contributed by atoms with Crippen molar-refractivity contribution in [2.24, 2.45) is 28.8 Å². The van der Waals surface area contributed by atoms with Crippen LogP contribution in [0.3, 0.4) is 0 Å². The summed E-state index contributed by atoms with van der Waals surface area (Å²) in [6.45, 7) is 1.05. The Morgan fingerprint density at radius 1 is 1.00 bits per heavy atom. The van der Waals surface area contributed by atoms with Crippen LogP contribution in [-0.4, -0.2) is 36.3 Å². The SMILES string of the molecule is O=C1[C@@H]2[C@H](C(=O)N1N=Cc1ccc3c(c1)OCCO3)[C@H]1C=C[C@H]2C1. The maximum atomic E-state index is 12.6. The molecule has 6 nitrogen and oxygen atoms in total. The Morgan fingerprint density at radius 2 is 1.67 bits per heavy atom. The molecule has 0 spiro atoms. The van der Waals surface area contributed by atoms with Crippen LogP contribution in [0, 0.1) is 23.7 Å². The van der Waals surface area contributed by atoms with E-state index in [9.17, 15) is 9.59 Å². The standard InChI is InChI=1S/C18H16N2O4/c21-17-15-11-2-3-12(8-11)16(15)18(22)20(17)19-9-10-1-4-13-14(7-10)24-6-5-23-13/h1-4,7,9,11-12,15-16H,5-6,8H2/t11-,12-,15-,16+/m0/s1. The van der Waals surface area contributed by atoms with Crippen LogP contribution in [0.2, 0.25) is 0 Å². The van der Waals surface area contributed by atoms with Gasteiger partial charge in [0.15, 0.2) is 11.5 Å². The van der Waals surface area contributed by atoms with Crippen LogP contribution in [0.4, 0.5) is 0 Å². The molecule has 2 fully saturated rings. The lowest BCUT2D eigenvalue weighted by molar-refractivity contribution is -0.140. The number of fused-ring (bicyclic) bond motifs is 6. The number of hydrazone groups is 1. The van der Waals surface area contributed by atoms with E-state index in [4.69, 9.17) is 9.47 Å². The summed E-state index contributed by atoms with van der Waals surface area (Å²) in [4.78, 5) is 25.1. The van der Waals surface area contributed by atoms with E-state index in [-0.39, 0.29) is 35.5 Å². The third-order valence-corrected chi connectivity index (χ3v) is 5.34. The van der Waals surface area contributed by atoms with Gasteiger partial charge in [0.1, 0.15) is 13.2 Å². The van der Waals surface area contributed by atoms with Gasteiger partial charge in [-0.3, -0.25) is 9.59 Å². The minimum absolute atomic E-state index is 0.171. The van der Waals surface area contributed by atoms with Crippen molar-refractivity contribution < 1.29 is 19.1 Å². The lowest BCUT2D eigenvalue weighted by atomic mass is 9.85. The van der Waals surface area contributed by atoms with Crippen molar-refractivity contribution in [3.05, 3.63) is 35.9 Å². The first-order chi connectivity index (χ1) is 11.7. The molecule has 122 valence electrons. The Morgan fingerprint density at radius 3 is 2.38 bits per heavy atom. The quantitative estimate of drug-likeness (QED) is 0.471. The molecule has 2 heterocycles. The van der Waals surface area contributed by atoms with Gasteiger partial charge in [0.25, 0.3) is 11.8 Å². The third kappa shape index (κ3) is 1.85. The van der Waals surface area contributed by atoms with E-state index in [1.54, 1.807) is 6.07 Å². The molecule has 2 aliphatic heterocycles. The van der Waals surface area contributed by atoms with E-state index in [1.165, 1.54) is 6.21 Å². The van der Waals surface area contributed by atoms with Gasteiger partial charge in [-0.15, -0.1) is 0 Å². The van der Waals surface area contributed by atoms with Crippen molar-refractivity contribution in [3.8, 4) is 11.5 Å². The highest BCUT2D eigenvalue weighted by atomic mass is 16.6. The molecule has 5 rings (SSSR count). The molecular formula is C18H16N2O4. The van der Waals surface area contributed by atoms with E-state index >= 15 is 0 Å². The van der Waals surface area contributed by atoms with Gasteiger partial charge in [-0.25, -0.2) is 0 Å². The van der Waals surface area contributed by atoms with Crippen LogP contribution in [0.25, 0.3) is 0 Å². The van der Waals surface area contributed by atoms with Crippen LogP contribution in [0.1, 0.15) is 12.0 Å². The van der Waals surface area contributed by atoms with Crippen LogP contribution in [0.15, 0.2) is 35.5 Å². The number of carbonyl (C=O) groups is 2. The van der Waals surface area contributed by atoms with Gasteiger partial charge in [-0.05, 0) is 42.0 Å². The van der Waals surface area contributed by atoms with E-state index < -0.39 is 0 Å². The average molecular weight is 324 g/mol. The number of amides is 2. The number of benzene rings is 1. The summed E-state index contributed by atoms with van der Waals surface area (Å²) < 4.78 is 11.0. The molecule has 24 heavy (non-hydrogen) atoms. The number of hydrogen-bond donors (Lipinski definition) is 0. The minimum Gasteiger partial charge on any atom is -0.486 e. The maximum Gasteiger partial charge on any atom is 0.254 e.